The molecule has 0 amide bonds. The number of hydrogen-bond donors (Lipinski definition) is 1. The van der Waals surface area contributed by atoms with E-state index in [1.165, 1.54) is 41.5 Å². The number of aromatic nitrogens is 5. The quantitative estimate of drug-likeness (QED) is 0.160. The van der Waals surface area contributed by atoms with E-state index in [2.05, 4.69) is 20.5 Å². The molecule has 0 spiro atoms. The second kappa shape index (κ2) is 15.4. The first-order chi connectivity index (χ1) is 25.4. The minimum absolute atomic E-state index is 0.0190. The summed E-state index contributed by atoms with van der Waals surface area (Å²) < 4.78 is 76.7. The zero-order valence-electron chi connectivity index (χ0n) is 29.4. The Balaban J connectivity index is 1.61. The third kappa shape index (κ3) is 8.14. The number of nitrogens with two attached hydrogens (primary N) is 1. The van der Waals surface area contributed by atoms with Gasteiger partial charge in [0.15, 0.2) is 15.7 Å². The molecule has 0 radical (unpaired) electrons. The second-order valence-electron chi connectivity index (χ2n) is 12.0. The summed E-state index contributed by atoms with van der Waals surface area (Å²) >= 11 is 0. The molecule has 0 aliphatic carbocycles. The summed E-state index contributed by atoms with van der Waals surface area (Å²) in [7, 11) is -4.26. The van der Waals surface area contributed by atoms with Gasteiger partial charge in [0.25, 0.3) is 0 Å². The Morgan fingerprint density at radius 2 is 1.23 bits per heavy atom. The molecule has 2 aromatic heterocycles. The molecule has 0 fully saturated rings. The van der Waals surface area contributed by atoms with Gasteiger partial charge in [0.2, 0.25) is 10.0 Å². The van der Waals surface area contributed by atoms with Crippen molar-refractivity contribution in [1.29, 1.82) is 0 Å². The molecular weight excluding hydrogens is 719 g/mol. The average Bonchev–Trinajstić information content (AvgIpc) is 3.62. The number of sulfone groups is 1. The Kier molecular flexibility index (Phi) is 10.7. The topological polar surface area (TPSA) is 182 Å². The van der Waals surface area contributed by atoms with Crippen molar-refractivity contribution in [1.82, 2.24) is 29.5 Å². The van der Waals surface area contributed by atoms with Crippen molar-refractivity contribution in [2.45, 2.75) is 29.4 Å². The van der Waals surface area contributed by atoms with E-state index >= 15 is 8.42 Å². The van der Waals surface area contributed by atoms with Crippen LogP contribution in [0.15, 0.2) is 113 Å². The Hall–Kier alpha value is -5.84. The first-order valence-corrected chi connectivity index (χ1v) is 19.5. The number of tetrazole rings is 1. The lowest BCUT2D eigenvalue weighted by molar-refractivity contribution is 0.396. The largest absolute Gasteiger partial charge is 0.497 e. The van der Waals surface area contributed by atoms with Crippen molar-refractivity contribution in [3.05, 3.63) is 120 Å². The van der Waals surface area contributed by atoms with Gasteiger partial charge in [-0.2, -0.15) is 4.31 Å². The van der Waals surface area contributed by atoms with Gasteiger partial charge in [-0.3, -0.25) is 0 Å². The van der Waals surface area contributed by atoms with Gasteiger partial charge in [-0.05, 0) is 87.3 Å². The van der Waals surface area contributed by atoms with E-state index in [-0.39, 0.29) is 36.8 Å². The molecule has 0 unspecified atom stereocenters. The lowest BCUT2D eigenvalue weighted by Crippen LogP contribution is -2.32. The van der Waals surface area contributed by atoms with Gasteiger partial charge in [0.05, 0.1) is 38.3 Å². The van der Waals surface area contributed by atoms with E-state index in [0.29, 0.717) is 39.5 Å². The third-order valence-electron chi connectivity index (χ3n) is 8.50. The summed E-state index contributed by atoms with van der Waals surface area (Å²) in [5, 5.41) is 12.5. The number of ether oxygens (including phenoxy) is 3. The average molecular weight is 756 g/mol. The number of nitrogen functional groups attached to an aromatic ring is 1. The monoisotopic (exact) mass is 755 g/mol. The van der Waals surface area contributed by atoms with Crippen LogP contribution >= 0.6 is 0 Å². The van der Waals surface area contributed by atoms with Gasteiger partial charge in [-0.25, -0.2) is 26.5 Å². The molecule has 0 aliphatic heterocycles. The Morgan fingerprint density at radius 1 is 0.698 bits per heavy atom. The van der Waals surface area contributed by atoms with Gasteiger partial charge >= 0.3 is 0 Å². The molecule has 53 heavy (non-hydrogen) atoms. The molecule has 0 atom stereocenters. The molecule has 4 aromatic carbocycles. The summed E-state index contributed by atoms with van der Waals surface area (Å²) in [5.41, 5.74) is 8.72. The molecule has 0 bridgehead atoms. The lowest BCUT2D eigenvalue weighted by atomic mass is 10.00. The highest BCUT2D eigenvalue weighted by molar-refractivity contribution is 7.93. The van der Waals surface area contributed by atoms with Crippen LogP contribution in [0.3, 0.4) is 0 Å². The molecule has 16 heteroatoms. The standard InChI is InChI=1S/C37H37N7O7S2/c1-49-29-12-5-25(6-13-29)22-43(23-26-7-14-30(50-2)15-8-26)53(47,48)36-33(52(4,45)46)19-18-32(28-11-20-34(38)39-21-28)35(36)37-40-41-42-44(37)24-27-9-16-31(51-3)17-10-27/h5-21H,22-24H2,1-4H3,(H2,38,39). The van der Waals surface area contributed by atoms with Crippen molar-refractivity contribution in [2.75, 3.05) is 33.3 Å². The van der Waals surface area contributed by atoms with Crippen LogP contribution in [0.25, 0.3) is 22.5 Å². The van der Waals surface area contributed by atoms with Crippen LogP contribution in [0.5, 0.6) is 17.2 Å². The number of methoxy groups -OCH3 is 3. The van der Waals surface area contributed by atoms with Crippen molar-refractivity contribution in [3.8, 4) is 39.8 Å². The molecule has 0 saturated heterocycles. The third-order valence-corrected chi connectivity index (χ3v) is 11.6. The fourth-order valence-electron chi connectivity index (χ4n) is 5.76. The summed E-state index contributed by atoms with van der Waals surface area (Å²) in [6, 6.07) is 27.2. The SMILES string of the molecule is COc1ccc(CN(Cc2ccc(OC)cc2)S(=O)(=O)c2c(S(C)(=O)=O)ccc(-c3ccc(N)nc3)c2-c2nnnn2Cc2ccc(OC)cc2)cc1. The van der Waals surface area contributed by atoms with E-state index in [1.807, 2.05) is 12.1 Å². The summed E-state index contributed by atoms with van der Waals surface area (Å²) in [6.07, 6.45) is 2.45. The number of hydrogen-bond acceptors (Lipinski definition) is 12. The summed E-state index contributed by atoms with van der Waals surface area (Å²) in [4.78, 5) is 3.32. The summed E-state index contributed by atoms with van der Waals surface area (Å²) in [6.45, 7) is -0.118. The molecule has 2 N–H and O–H groups in total. The normalized spacial score (nSPS) is 11.8. The molecule has 274 valence electrons. The molecule has 6 aromatic rings. The molecular formula is C37H37N7O7S2. The van der Waals surface area contributed by atoms with E-state index < -0.39 is 29.7 Å². The number of rotatable bonds is 14. The van der Waals surface area contributed by atoms with Crippen LogP contribution in [0.2, 0.25) is 0 Å². The van der Waals surface area contributed by atoms with Crippen molar-refractivity contribution in [3.63, 3.8) is 0 Å². The van der Waals surface area contributed by atoms with Gasteiger partial charge < -0.3 is 19.9 Å². The van der Waals surface area contributed by atoms with Crippen LogP contribution in [-0.2, 0) is 39.5 Å². The minimum Gasteiger partial charge on any atom is -0.497 e. The highest BCUT2D eigenvalue weighted by atomic mass is 32.2. The molecule has 6 rings (SSSR count). The van der Waals surface area contributed by atoms with Gasteiger partial charge in [0, 0.05) is 31.1 Å². The highest BCUT2D eigenvalue weighted by Gasteiger charge is 2.37. The molecule has 0 aliphatic rings. The number of nitrogens with zero attached hydrogens (tertiary/aromatic N) is 6. The second-order valence-corrected chi connectivity index (χ2v) is 15.9. The van der Waals surface area contributed by atoms with Gasteiger partial charge in [-0.15, -0.1) is 5.10 Å². The Morgan fingerprint density at radius 3 is 1.70 bits per heavy atom. The van der Waals surface area contributed by atoms with E-state index in [4.69, 9.17) is 19.9 Å². The number of pyridine rings is 1. The Labute approximate surface area is 307 Å². The van der Waals surface area contributed by atoms with Crippen molar-refractivity contribution >= 4 is 25.7 Å². The molecule has 2 heterocycles. The zero-order valence-corrected chi connectivity index (χ0v) is 31.0. The van der Waals surface area contributed by atoms with Crippen LogP contribution in [0, 0.1) is 0 Å². The number of benzene rings is 4. The van der Waals surface area contributed by atoms with Crippen molar-refractivity contribution < 1.29 is 31.0 Å². The predicted molar refractivity (Wildman–Crippen MR) is 199 cm³/mol. The maximum Gasteiger partial charge on any atom is 0.245 e. The summed E-state index contributed by atoms with van der Waals surface area (Å²) in [5.74, 6) is 2.09. The maximum absolute atomic E-state index is 15.4. The van der Waals surface area contributed by atoms with Crippen molar-refractivity contribution in [2.24, 2.45) is 0 Å². The molecule has 14 nitrogen and oxygen atoms in total. The van der Waals surface area contributed by atoms with Crippen LogP contribution in [0.4, 0.5) is 5.82 Å². The van der Waals surface area contributed by atoms with E-state index in [0.717, 1.165) is 11.8 Å². The fraction of sp³-hybridized carbons (Fsp3) is 0.189. The van der Waals surface area contributed by atoms with Gasteiger partial charge in [-0.1, -0.05) is 42.5 Å². The van der Waals surface area contributed by atoms with Crippen LogP contribution in [-0.4, -0.2) is 73.9 Å². The lowest BCUT2D eigenvalue weighted by Gasteiger charge is -2.26. The highest BCUT2D eigenvalue weighted by Crippen LogP contribution is 2.42. The van der Waals surface area contributed by atoms with E-state index in [9.17, 15) is 8.42 Å². The van der Waals surface area contributed by atoms with E-state index in [1.54, 1.807) is 79.9 Å². The van der Waals surface area contributed by atoms with Crippen LogP contribution < -0.4 is 19.9 Å². The first-order valence-electron chi connectivity index (χ1n) is 16.2. The minimum atomic E-state index is -4.72. The first kappa shape index (κ1) is 36.9. The number of sulfonamides is 1. The fourth-order valence-corrected chi connectivity index (χ4v) is 8.96. The van der Waals surface area contributed by atoms with Crippen LogP contribution in [0.1, 0.15) is 16.7 Å². The smallest absolute Gasteiger partial charge is 0.245 e. The number of anilines is 1. The maximum atomic E-state index is 15.4. The van der Waals surface area contributed by atoms with Gasteiger partial charge in [0.1, 0.15) is 28.0 Å². The predicted octanol–water partition coefficient (Wildman–Crippen LogP) is 4.85. The molecule has 0 saturated carbocycles. The Bertz CT molecular complexity index is 2370. The zero-order chi connectivity index (χ0) is 37.8.